The first-order valence-corrected chi connectivity index (χ1v) is 13.7. The Hall–Kier alpha value is -5.62. The van der Waals surface area contributed by atoms with Gasteiger partial charge >= 0.3 is 0 Å². The summed E-state index contributed by atoms with van der Waals surface area (Å²) in [6.07, 6.45) is 0. The molecule has 0 saturated heterocycles. The van der Waals surface area contributed by atoms with Crippen LogP contribution in [0.5, 0.6) is 0 Å². The molecule has 0 radical (unpaired) electrons. The van der Waals surface area contributed by atoms with E-state index in [1.54, 1.807) is 0 Å². The van der Waals surface area contributed by atoms with Gasteiger partial charge in [-0.1, -0.05) is 91.0 Å². The van der Waals surface area contributed by atoms with Gasteiger partial charge < -0.3 is 0 Å². The van der Waals surface area contributed by atoms with E-state index in [0.717, 1.165) is 65.8 Å². The van der Waals surface area contributed by atoms with Crippen LogP contribution in [-0.2, 0) is 0 Å². The predicted molar refractivity (Wildman–Crippen MR) is 165 cm³/mol. The molecule has 0 aliphatic rings. The highest BCUT2D eigenvalue weighted by Gasteiger charge is 2.24. The summed E-state index contributed by atoms with van der Waals surface area (Å²) in [7, 11) is 0. The van der Waals surface area contributed by atoms with Crippen molar-refractivity contribution in [1.29, 1.82) is 0 Å². The van der Waals surface area contributed by atoms with E-state index in [0.29, 0.717) is 5.56 Å². The van der Waals surface area contributed by atoms with Crippen LogP contribution in [0.1, 0.15) is 0 Å². The summed E-state index contributed by atoms with van der Waals surface area (Å²) in [5.41, 5.74) is 5.91. The van der Waals surface area contributed by atoms with E-state index in [-0.39, 0.29) is 5.56 Å². The van der Waals surface area contributed by atoms with Gasteiger partial charge in [-0.25, -0.2) is 4.98 Å². The molecule has 0 spiro atoms. The molecule has 0 aliphatic heterocycles. The van der Waals surface area contributed by atoms with Crippen LogP contribution in [0.15, 0.2) is 121 Å². The Labute approximate surface area is 237 Å². The predicted octanol–water partition coefficient (Wildman–Crippen LogP) is 9.23. The average Bonchev–Trinajstić information content (AvgIpc) is 3.55. The van der Waals surface area contributed by atoms with E-state index in [2.05, 4.69) is 68.5 Å². The number of benzene rings is 6. The maximum Gasteiger partial charge on any atom is 0.223 e. The second kappa shape index (κ2) is 8.44. The van der Waals surface area contributed by atoms with Crippen LogP contribution in [-0.4, -0.2) is 18.9 Å². The van der Waals surface area contributed by atoms with E-state index in [1.165, 1.54) is 12.1 Å². The number of hydrogen-bond donors (Lipinski definition) is 0. The maximum absolute atomic E-state index is 15.3. The van der Waals surface area contributed by atoms with Crippen LogP contribution < -0.4 is 0 Å². The van der Waals surface area contributed by atoms with Crippen molar-refractivity contribution in [3.05, 3.63) is 133 Å². The normalized spacial score (nSPS) is 12.0. The Bertz CT molecular complexity index is 2500. The summed E-state index contributed by atoms with van der Waals surface area (Å²) >= 11 is 0. The highest BCUT2D eigenvalue weighted by atomic mass is 19.1. The third-order valence-electron chi connectivity index (χ3n) is 8.30. The van der Waals surface area contributed by atoms with E-state index in [4.69, 9.17) is 4.98 Å². The van der Waals surface area contributed by atoms with Gasteiger partial charge in [-0.15, -0.1) is 0 Å². The van der Waals surface area contributed by atoms with Gasteiger partial charge in [-0.2, -0.15) is 13.8 Å². The maximum atomic E-state index is 15.3. The first-order chi connectivity index (χ1) is 20.7. The van der Waals surface area contributed by atoms with Crippen LogP contribution in [0, 0.1) is 11.9 Å². The van der Waals surface area contributed by atoms with Gasteiger partial charge in [0.25, 0.3) is 0 Å². The van der Waals surface area contributed by atoms with E-state index in [1.807, 2.05) is 54.6 Å². The van der Waals surface area contributed by atoms with Crippen molar-refractivity contribution in [3.63, 3.8) is 0 Å². The molecule has 42 heavy (non-hydrogen) atoms. The van der Waals surface area contributed by atoms with Crippen LogP contribution in [0.2, 0.25) is 0 Å². The molecule has 6 heteroatoms. The molecule has 0 atom stereocenters. The van der Waals surface area contributed by atoms with E-state index >= 15 is 4.39 Å². The van der Waals surface area contributed by atoms with Crippen molar-refractivity contribution >= 4 is 60.2 Å². The number of aromatic nitrogens is 4. The third-order valence-corrected chi connectivity index (χ3v) is 8.30. The smallest absolute Gasteiger partial charge is 0.223 e. The molecule has 0 saturated carbocycles. The Balaban J connectivity index is 1.54. The molecule has 0 unspecified atom stereocenters. The molecule has 4 nitrogen and oxygen atoms in total. The quantitative estimate of drug-likeness (QED) is 0.160. The molecular formula is C36H20F2N4. The van der Waals surface area contributed by atoms with Crippen molar-refractivity contribution in [3.8, 4) is 16.8 Å². The highest BCUT2D eigenvalue weighted by Crippen LogP contribution is 2.44. The van der Waals surface area contributed by atoms with Crippen LogP contribution in [0.25, 0.3) is 77.0 Å². The molecule has 0 aliphatic carbocycles. The molecular weight excluding hydrogens is 526 g/mol. The second-order valence-electron chi connectivity index (χ2n) is 10.5. The average molecular weight is 547 g/mol. The monoisotopic (exact) mass is 546 g/mol. The summed E-state index contributed by atoms with van der Waals surface area (Å²) in [5, 5.41) is 5.81. The van der Waals surface area contributed by atoms with E-state index < -0.39 is 11.9 Å². The number of nitrogens with zero attached hydrogens (tertiary/aromatic N) is 4. The number of hydrogen-bond acceptors (Lipinski definition) is 2. The van der Waals surface area contributed by atoms with Gasteiger partial charge in [-0.05, 0) is 46.5 Å². The summed E-state index contributed by atoms with van der Waals surface area (Å²) in [6.45, 7) is 0. The molecule has 198 valence electrons. The largest absolute Gasteiger partial charge is 0.277 e. The van der Waals surface area contributed by atoms with Crippen molar-refractivity contribution in [1.82, 2.24) is 18.9 Å². The lowest BCUT2D eigenvalue weighted by Gasteiger charge is -2.18. The molecule has 0 bridgehead atoms. The van der Waals surface area contributed by atoms with Gasteiger partial charge in [0, 0.05) is 27.3 Å². The summed E-state index contributed by atoms with van der Waals surface area (Å²) < 4.78 is 33.6. The lowest BCUT2D eigenvalue weighted by atomic mass is 9.91. The summed E-state index contributed by atoms with van der Waals surface area (Å²) in [5.74, 6) is -0.889. The fourth-order valence-corrected chi connectivity index (χ4v) is 6.61. The Morgan fingerprint density at radius 2 is 1.17 bits per heavy atom. The topological polar surface area (TPSA) is 35.1 Å². The first kappa shape index (κ1) is 23.1. The van der Waals surface area contributed by atoms with Crippen molar-refractivity contribution in [2.75, 3.05) is 0 Å². The third kappa shape index (κ3) is 3.03. The first-order valence-electron chi connectivity index (χ1n) is 13.7. The van der Waals surface area contributed by atoms with Gasteiger partial charge in [0.05, 0.1) is 27.8 Å². The van der Waals surface area contributed by atoms with Crippen LogP contribution in [0.3, 0.4) is 0 Å². The minimum absolute atomic E-state index is 0.260. The van der Waals surface area contributed by atoms with Crippen LogP contribution >= 0.6 is 0 Å². The molecule has 0 N–H and O–H groups in total. The Morgan fingerprint density at radius 1 is 0.524 bits per heavy atom. The number of imidazole rings is 2. The minimum Gasteiger partial charge on any atom is -0.277 e. The fraction of sp³-hybridized carbons (Fsp3) is 0. The summed E-state index contributed by atoms with van der Waals surface area (Å²) in [6, 6.07) is 39.5. The number of para-hydroxylation sites is 2. The molecule has 0 amide bonds. The molecule has 0 fully saturated rings. The van der Waals surface area contributed by atoms with Crippen molar-refractivity contribution in [2.24, 2.45) is 0 Å². The van der Waals surface area contributed by atoms with Gasteiger partial charge in [0.15, 0.2) is 0 Å². The zero-order chi connectivity index (χ0) is 27.9. The zero-order valence-corrected chi connectivity index (χ0v) is 22.1. The molecule has 9 aromatic rings. The standard InChI is InChI=1S/C36H20F2N4/c37-31-20-18-27(35(38)40-31)32-23-11-3-5-13-25(23)33(26-14-6-4-12-24(26)32)42-30-19-17-21-9-1-2-10-22(21)34(30)41-29-16-8-7-15-28(29)39-36(41)42/h1-20H. The van der Waals surface area contributed by atoms with Gasteiger partial charge in [-0.3, -0.25) is 8.97 Å². The SMILES string of the molecule is Fc1ccc(-c2c3ccccc3c(-n3c4ccc5ccccc5c4n4c5ccccc5nc34)c3ccccc23)c(F)n1. The van der Waals surface area contributed by atoms with Crippen molar-refractivity contribution in [2.45, 2.75) is 0 Å². The van der Waals surface area contributed by atoms with Crippen LogP contribution in [0.4, 0.5) is 8.78 Å². The second-order valence-corrected chi connectivity index (χ2v) is 10.5. The van der Waals surface area contributed by atoms with Gasteiger partial charge in [0.2, 0.25) is 17.7 Å². The van der Waals surface area contributed by atoms with Gasteiger partial charge in [0.1, 0.15) is 0 Å². The number of rotatable bonds is 2. The summed E-state index contributed by atoms with van der Waals surface area (Å²) in [4.78, 5) is 8.69. The Morgan fingerprint density at radius 3 is 1.90 bits per heavy atom. The van der Waals surface area contributed by atoms with E-state index in [9.17, 15) is 4.39 Å². The molecule has 3 aromatic heterocycles. The lowest BCUT2D eigenvalue weighted by Crippen LogP contribution is -2.01. The molecule has 3 heterocycles. The lowest BCUT2D eigenvalue weighted by molar-refractivity contribution is 0.515. The number of pyridine rings is 1. The fourth-order valence-electron chi connectivity index (χ4n) is 6.61. The molecule has 6 aromatic carbocycles. The zero-order valence-electron chi connectivity index (χ0n) is 22.1. The molecule has 9 rings (SSSR count). The Kier molecular flexibility index (Phi) is 4.65. The number of halogens is 2. The highest BCUT2D eigenvalue weighted by molar-refractivity contribution is 6.20. The van der Waals surface area contributed by atoms with Crippen molar-refractivity contribution < 1.29 is 8.78 Å². The minimum atomic E-state index is -0.846. The number of fused-ring (bicyclic) bond motifs is 9.